The Balaban J connectivity index is 1.53. The molecular weight excluding hydrogens is 426 g/mol. The quantitative estimate of drug-likeness (QED) is 0.735. The third-order valence-corrected chi connectivity index (χ3v) is 6.50. The number of fused-ring (bicyclic) bond motifs is 1. The molecule has 1 aromatic heterocycles. The Bertz CT molecular complexity index is 968. The fourth-order valence-corrected chi connectivity index (χ4v) is 4.80. The van der Waals surface area contributed by atoms with Crippen molar-refractivity contribution in [2.45, 2.75) is 49.9 Å². The number of hydrogen-bond donors (Lipinski definition) is 1. The van der Waals surface area contributed by atoms with E-state index in [1.165, 1.54) is 12.1 Å². The van der Waals surface area contributed by atoms with E-state index in [4.69, 9.17) is 17.3 Å². The molecule has 2 aliphatic rings. The molecule has 0 spiro atoms. The monoisotopic (exact) mass is 445 g/mol. The minimum atomic E-state index is -4.67. The zero-order valence-electron chi connectivity index (χ0n) is 15.9. The Morgan fingerprint density at radius 1 is 1.20 bits per heavy atom. The van der Waals surface area contributed by atoms with Gasteiger partial charge in [0.25, 0.3) is 5.91 Å². The van der Waals surface area contributed by atoms with Crippen molar-refractivity contribution in [1.82, 2.24) is 19.7 Å². The van der Waals surface area contributed by atoms with Crippen LogP contribution >= 0.6 is 11.6 Å². The number of carbonyl (C=O) groups is 1. The summed E-state index contributed by atoms with van der Waals surface area (Å²) in [6.07, 6.45) is -2.49. The topological polar surface area (TPSA) is 77.0 Å². The highest BCUT2D eigenvalue weighted by Crippen LogP contribution is 2.42. The Kier molecular flexibility index (Phi) is 5.26. The summed E-state index contributed by atoms with van der Waals surface area (Å²) >= 11 is 6.05. The van der Waals surface area contributed by atoms with E-state index in [0.29, 0.717) is 36.3 Å². The Morgan fingerprint density at radius 3 is 2.53 bits per heavy atom. The van der Waals surface area contributed by atoms with Gasteiger partial charge in [-0.2, -0.15) is 13.2 Å². The van der Waals surface area contributed by atoms with Gasteiger partial charge in [-0.05, 0) is 49.4 Å². The second-order valence-electron chi connectivity index (χ2n) is 7.83. The van der Waals surface area contributed by atoms with Gasteiger partial charge in [0.1, 0.15) is 5.82 Å². The fourth-order valence-electron chi connectivity index (χ4n) is 4.62. The largest absolute Gasteiger partial charge is 0.451 e. The van der Waals surface area contributed by atoms with Crippen LogP contribution in [0.2, 0.25) is 5.02 Å². The molecule has 6 nitrogen and oxygen atoms in total. The van der Waals surface area contributed by atoms with Crippen molar-refractivity contribution in [3.05, 3.63) is 46.3 Å². The number of hydrogen-bond acceptors (Lipinski definition) is 4. The minimum absolute atomic E-state index is 0.0234. The number of halogens is 5. The van der Waals surface area contributed by atoms with Crippen molar-refractivity contribution in [2.75, 3.05) is 13.1 Å². The van der Waals surface area contributed by atoms with Crippen LogP contribution in [0, 0.1) is 5.82 Å². The number of amides is 1. The molecule has 2 aromatic rings. The van der Waals surface area contributed by atoms with Crippen molar-refractivity contribution in [3.63, 3.8) is 0 Å². The maximum absolute atomic E-state index is 14.5. The van der Waals surface area contributed by atoms with E-state index < -0.39 is 23.3 Å². The first-order chi connectivity index (χ1) is 14.2. The summed E-state index contributed by atoms with van der Waals surface area (Å²) in [7, 11) is 0. The van der Waals surface area contributed by atoms with Crippen LogP contribution in [0.4, 0.5) is 17.6 Å². The normalized spacial score (nSPS) is 24.8. The van der Waals surface area contributed by atoms with Crippen LogP contribution in [-0.2, 0) is 18.1 Å². The lowest BCUT2D eigenvalue weighted by atomic mass is 9.67. The Labute approximate surface area is 175 Å². The highest BCUT2D eigenvalue weighted by Gasteiger charge is 2.44. The molecular formula is C19H20ClF4N5O. The highest BCUT2D eigenvalue weighted by atomic mass is 35.5. The maximum Gasteiger partial charge on any atom is 0.451 e. The van der Waals surface area contributed by atoms with Gasteiger partial charge in [-0.15, -0.1) is 10.2 Å². The molecule has 1 amide bonds. The fraction of sp³-hybridized carbons (Fsp3) is 0.526. The van der Waals surface area contributed by atoms with Gasteiger partial charge < -0.3 is 10.6 Å². The number of aromatic nitrogens is 3. The highest BCUT2D eigenvalue weighted by molar-refractivity contribution is 6.30. The number of carbonyl (C=O) groups excluding carboxylic acids is 1. The summed E-state index contributed by atoms with van der Waals surface area (Å²) in [6.45, 7) is 0.345. The van der Waals surface area contributed by atoms with Gasteiger partial charge in [0.15, 0.2) is 0 Å². The average Bonchev–Trinajstić information content (AvgIpc) is 3.16. The standard InChI is InChI=1S/C19H20ClF4N5O/c20-11-1-2-14(21)13(9-11)18(10-25)5-3-12(4-6-18)28-7-8-29-15(16(28)30)26-27-17(29)19(22,23)24/h1-2,9,12H,3-8,10,25H2. The van der Waals surface area contributed by atoms with Gasteiger partial charge in [-0.1, -0.05) is 11.6 Å². The van der Waals surface area contributed by atoms with E-state index in [2.05, 4.69) is 10.2 Å². The van der Waals surface area contributed by atoms with Gasteiger partial charge in [-0.3, -0.25) is 9.36 Å². The first-order valence-corrected chi connectivity index (χ1v) is 10.0. The molecule has 2 heterocycles. The van der Waals surface area contributed by atoms with Crippen molar-refractivity contribution in [3.8, 4) is 0 Å². The molecule has 1 aliphatic heterocycles. The number of nitrogens with two attached hydrogens (primary N) is 1. The van der Waals surface area contributed by atoms with Crippen LogP contribution in [-0.4, -0.2) is 44.7 Å². The molecule has 0 radical (unpaired) electrons. The number of alkyl halides is 3. The van der Waals surface area contributed by atoms with Crippen molar-refractivity contribution in [1.29, 1.82) is 0 Å². The minimum Gasteiger partial charge on any atom is -0.331 e. The third kappa shape index (κ3) is 3.45. The molecule has 11 heteroatoms. The van der Waals surface area contributed by atoms with Gasteiger partial charge in [0.2, 0.25) is 11.6 Å². The smallest absolute Gasteiger partial charge is 0.331 e. The van der Waals surface area contributed by atoms with E-state index in [0.717, 1.165) is 4.57 Å². The first kappa shape index (κ1) is 21.0. The van der Waals surface area contributed by atoms with Crippen molar-refractivity contribution < 1.29 is 22.4 Å². The Morgan fingerprint density at radius 2 is 1.90 bits per heavy atom. The first-order valence-electron chi connectivity index (χ1n) is 9.63. The summed E-state index contributed by atoms with van der Waals surface area (Å²) < 4.78 is 54.4. The van der Waals surface area contributed by atoms with Gasteiger partial charge >= 0.3 is 6.18 Å². The lowest BCUT2D eigenvalue weighted by Gasteiger charge is -2.44. The van der Waals surface area contributed by atoms with Gasteiger partial charge in [0, 0.05) is 36.1 Å². The maximum atomic E-state index is 14.5. The van der Waals surface area contributed by atoms with E-state index in [-0.39, 0.29) is 37.3 Å². The SMILES string of the molecule is NCC1(c2cc(Cl)ccc2F)CCC(N2CCn3c(nnc3C(F)(F)F)C2=O)CC1. The number of nitrogens with zero attached hydrogens (tertiary/aromatic N) is 4. The molecule has 30 heavy (non-hydrogen) atoms. The van der Waals surface area contributed by atoms with Crippen molar-refractivity contribution in [2.24, 2.45) is 5.73 Å². The van der Waals surface area contributed by atoms with E-state index in [9.17, 15) is 22.4 Å². The molecule has 0 atom stereocenters. The van der Waals surface area contributed by atoms with Crippen LogP contribution < -0.4 is 5.73 Å². The third-order valence-electron chi connectivity index (χ3n) is 6.26. The second-order valence-corrected chi connectivity index (χ2v) is 8.27. The molecule has 4 rings (SSSR count). The number of benzene rings is 1. The lowest BCUT2D eigenvalue weighted by molar-refractivity contribution is -0.147. The molecule has 1 aromatic carbocycles. The molecule has 162 valence electrons. The van der Waals surface area contributed by atoms with E-state index in [1.807, 2.05) is 0 Å². The van der Waals surface area contributed by atoms with Crippen LogP contribution in [0.15, 0.2) is 18.2 Å². The molecule has 1 fully saturated rings. The lowest BCUT2D eigenvalue weighted by Crippen LogP contribution is -2.51. The average molecular weight is 446 g/mol. The summed E-state index contributed by atoms with van der Waals surface area (Å²) in [5.41, 5.74) is 5.91. The zero-order valence-corrected chi connectivity index (χ0v) is 16.7. The van der Waals surface area contributed by atoms with E-state index in [1.54, 1.807) is 11.0 Å². The van der Waals surface area contributed by atoms with Gasteiger partial charge in [0.05, 0.1) is 0 Å². The summed E-state index contributed by atoms with van der Waals surface area (Å²) in [5, 5.41) is 7.07. The van der Waals surface area contributed by atoms with Crippen LogP contribution in [0.25, 0.3) is 0 Å². The van der Waals surface area contributed by atoms with Crippen LogP contribution in [0.5, 0.6) is 0 Å². The Hall–Kier alpha value is -2.20. The van der Waals surface area contributed by atoms with Crippen LogP contribution in [0.3, 0.4) is 0 Å². The molecule has 0 unspecified atom stereocenters. The van der Waals surface area contributed by atoms with Crippen molar-refractivity contribution >= 4 is 17.5 Å². The predicted molar refractivity (Wildman–Crippen MR) is 100 cm³/mol. The summed E-state index contributed by atoms with van der Waals surface area (Å²) in [4.78, 5) is 14.3. The molecule has 0 bridgehead atoms. The number of rotatable bonds is 3. The molecule has 1 aliphatic carbocycles. The van der Waals surface area contributed by atoms with E-state index >= 15 is 0 Å². The second kappa shape index (κ2) is 7.49. The van der Waals surface area contributed by atoms with Crippen LogP contribution in [0.1, 0.15) is 47.7 Å². The molecule has 1 saturated carbocycles. The summed E-state index contributed by atoms with van der Waals surface area (Å²) in [6, 6.07) is 4.21. The zero-order chi connectivity index (χ0) is 21.7. The predicted octanol–water partition coefficient (Wildman–Crippen LogP) is 3.38. The van der Waals surface area contributed by atoms with Gasteiger partial charge in [-0.25, -0.2) is 4.39 Å². The summed E-state index contributed by atoms with van der Waals surface area (Å²) in [5.74, 6) is -2.40. The molecule has 0 saturated heterocycles. The molecule has 2 N–H and O–H groups in total.